The average Bonchev–Trinajstić information content (AvgIpc) is 3.66. The minimum atomic E-state index is -3.66. The fourth-order valence-corrected chi connectivity index (χ4v) is 7.38. The van der Waals surface area contributed by atoms with Gasteiger partial charge in [-0.05, 0) is 37.1 Å². The van der Waals surface area contributed by atoms with Crippen molar-refractivity contribution < 1.29 is 27.4 Å². The first-order valence-corrected chi connectivity index (χ1v) is 15.4. The van der Waals surface area contributed by atoms with Crippen LogP contribution < -0.4 is 9.47 Å². The first-order chi connectivity index (χ1) is 18.9. The lowest BCUT2D eigenvalue weighted by Gasteiger charge is -2.26. The van der Waals surface area contributed by atoms with E-state index in [0.717, 1.165) is 25.7 Å². The molecule has 2 heterocycles. The summed E-state index contributed by atoms with van der Waals surface area (Å²) >= 11 is 1.33. The zero-order chi connectivity index (χ0) is 27.4. The lowest BCUT2D eigenvalue weighted by molar-refractivity contribution is 0.0730. The molecular formula is C27H32N4O6S2. The minimum Gasteiger partial charge on any atom is -0.497 e. The van der Waals surface area contributed by atoms with Crippen molar-refractivity contribution in [3.05, 3.63) is 48.0 Å². The van der Waals surface area contributed by atoms with Crippen molar-refractivity contribution in [2.45, 2.75) is 41.8 Å². The van der Waals surface area contributed by atoms with Crippen LogP contribution in [0.3, 0.4) is 0 Å². The number of methoxy groups -OCH3 is 2. The number of ketones is 1. The van der Waals surface area contributed by atoms with Gasteiger partial charge in [-0.3, -0.25) is 9.36 Å². The van der Waals surface area contributed by atoms with E-state index in [4.69, 9.17) is 14.2 Å². The van der Waals surface area contributed by atoms with E-state index in [2.05, 4.69) is 14.8 Å². The van der Waals surface area contributed by atoms with E-state index < -0.39 is 10.0 Å². The van der Waals surface area contributed by atoms with E-state index in [1.807, 2.05) is 6.07 Å². The maximum atomic E-state index is 13.3. The number of thioether (sulfide) groups is 1. The van der Waals surface area contributed by atoms with Crippen LogP contribution in [0.1, 0.15) is 42.1 Å². The molecule has 10 nitrogen and oxygen atoms in total. The average molecular weight is 573 g/mol. The van der Waals surface area contributed by atoms with Gasteiger partial charge in [0.1, 0.15) is 11.5 Å². The molecule has 1 aliphatic carbocycles. The molecule has 1 saturated carbocycles. The second-order valence-corrected chi connectivity index (χ2v) is 12.3. The Kier molecular flexibility index (Phi) is 8.55. The number of ether oxygens (including phenoxy) is 3. The van der Waals surface area contributed by atoms with Gasteiger partial charge in [0.05, 0.1) is 43.6 Å². The topological polar surface area (TPSA) is 113 Å². The Morgan fingerprint density at radius 3 is 2.54 bits per heavy atom. The smallest absolute Gasteiger partial charge is 0.243 e. The monoisotopic (exact) mass is 572 g/mol. The largest absolute Gasteiger partial charge is 0.497 e. The molecule has 1 saturated heterocycles. The molecular weight excluding hydrogens is 540 g/mol. The van der Waals surface area contributed by atoms with Crippen LogP contribution in [0.25, 0.3) is 11.4 Å². The summed E-state index contributed by atoms with van der Waals surface area (Å²) in [6, 6.07) is 12.2. The zero-order valence-electron chi connectivity index (χ0n) is 22.0. The third kappa shape index (κ3) is 5.84. The third-order valence-corrected chi connectivity index (χ3v) is 9.93. The predicted molar refractivity (Wildman–Crippen MR) is 147 cm³/mol. The molecule has 2 aliphatic rings. The van der Waals surface area contributed by atoms with Gasteiger partial charge >= 0.3 is 0 Å². The quantitative estimate of drug-likeness (QED) is 0.262. The van der Waals surface area contributed by atoms with Crippen molar-refractivity contribution in [1.29, 1.82) is 0 Å². The maximum absolute atomic E-state index is 13.3. The molecule has 1 aliphatic heterocycles. The van der Waals surface area contributed by atoms with Crippen molar-refractivity contribution in [3.63, 3.8) is 0 Å². The maximum Gasteiger partial charge on any atom is 0.243 e. The summed E-state index contributed by atoms with van der Waals surface area (Å²) in [5.41, 5.74) is 1.15. The number of nitrogens with zero attached hydrogens (tertiary/aromatic N) is 4. The molecule has 0 amide bonds. The summed E-state index contributed by atoms with van der Waals surface area (Å²) in [5.74, 6) is 1.73. The number of benzene rings is 2. The van der Waals surface area contributed by atoms with E-state index in [-0.39, 0.29) is 22.5 Å². The molecule has 39 heavy (non-hydrogen) atoms. The van der Waals surface area contributed by atoms with Crippen molar-refractivity contribution in [2.75, 3.05) is 46.3 Å². The Labute approximate surface area is 232 Å². The van der Waals surface area contributed by atoms with E-state index in [1.165, 1.54) is 23.2 Å². The van der Waals surface area contributed by atoms with Crippen LogP contribution in [-0.2, 0) is 14.8 Å². The number of aromatic nitrogens is 3. The minimum absolute atomic E-state index is 0.0966. The van der Waals surface area contributed by atoms with E-state index >= 15 is 0 Å². The fourth-order valence-electron chi connectivity index (χ4n) is 5.03. The molecule has 0 bridgehead atoms. The van der Waals surface area contributed by atoms with Gasteiger partial charge in [-0.25, -0.2) is 8.42 Å². The Morgan fingerprint density at radius 2 is 1.82 bits per heavy atom. The van der Waals surface area contributed by atoms with Gasteiger partial charge in [0, 0.05) is 30.8 Å². The zero-order valence-corrected chi connectivity index (χ0v) is 23.7. The summed E-state index contributed by atoms with van der Waals surface area (Å²) in [6.45, 7) is 1.44. The SMILES string of the molecule is COc1ccc(C(=O)CSc2nnc(-c3cccc(S(=O)(=O)N4CCOCC4)c3)n2C2CCCC2)c(OC)c1. The predicted octanol–water partition coefficient (Wildman–Crippen LogP) is 4.07. The number of carbonyl (C=O) groups is 1. The van der Waals surface area contributed by atoms with Gasteiger partial charge in [0.25, 0.3) is 0 Å². The molecule has 2 fully saturated rings. The van der Waals surface area contributed by atoms with Crippen molar-refractivity contribution in [3.8, 4) is 22.9 Å². The van der Waals surface area contributed by atoms with Crippen LogP contribution in [0.5, 0.6) is 11.5 Å². The van der Waals surface area contributed by atoms with Gasteiger partial charge in [0.2, 0.25) is 10.0 Å². The Morgan fingerprint density at radius 1 is 1.05 bits per heavy atom. The number of sulfonamides is 1. The summed E-state index contributed by atoms with van der Waals surface area (Å²) < 4.78 is 46.1. The number of morpholine rings is 1. The van der Waals surface area contributed by atoms with Crippen molar-refractivity contribution >= 4 is 27.6 Å². The molecule has 0 spiro atoms. The Hall–Kier alpha value is -2.93. The van der Waals surface area contributed by atoms with Crippen LogP contribution in [0.4, 0.5) is 0 Å². The Balaban J connectivity index is 1.43. The highest BCUT2D eigenvalue weighted by Gasteiger charge is 2.29. The molecule has 0 unspecified atom stereocenters. The second-order valence-electron chi connectivity index (χ2n) is 9.44. The highest BCUT2D eigenvalue weighted by Crippen LogP contribution is 2.37. The van der Waals surface area contributed by atoms with E-state index in [1.54, 1.807) is 43.5 Å². The van der Waals surface area contributed by atoms with Crippen LogP contribution in [0, 0.1) is 0 Å². The summed E-state index contributed by atoms with van der Waals surface area (Å²) in [7, 11) is -0.571. The fraction of sp³-hybridized carbons (Fsp3) is 0.444. The van der Waals surface area contributed by atoms with E-state index in [9.17, 15) is 13.2 Å². The Bertz CT molecular complexity index is 1430. The highest BCUT2D eigenvalue weighted by atomic mass is 32.2. The molecule has 5 rings (SSSR count). The molecule has 3 aromatic rings. The second kappa shape index (κ2) is 12.1. The summed E-state index contributed by atoms with van der Waals surface area (Å²) in [6.07, 6.45) is 4.15. The third-order valence-electron chi connectivity index (χ3n) is 7.10. The van der Waals surface area contributed by atoms with Crippen LogP contribution in [0.2, 0.25) is 0 Å². The van der Waals surface area contributed by atoms with Crippen LogP contribution in [0.15, 0.2) is 52.5 Å². The van der Waals surface area contributed by atoms with Gasteiger partial charge in [-0.2, -0.15) is 4.31 Å². The van der Waals surface area contributed by atoms with Crippen LogP contribution in [-0.4, -0.2) is 79.5 Å². The van der Waals surface area contributed by atoms with Gasteiger partial charge < -0.3 is 14.2 Å². The summed E-state index contributed by atoms with van der Waals surface area (Å²) in [4.78, 5) is 13.4. The first-order valence-electron chi connectivity index (χ1n) is 12.9. The molecule has 0 atom stereocenters. The number of Topliss-reactive ketones (excluding diaryl/α,β-unsaturated/α-hetero) is 1. The molecule has 0 radical (unpaired) electrons. The standard InChI is InChI=1S/C27H32N4O6S2/c1-35-21-10-11-23(25(17-21)36-2)24(32)18-38-27-29-28-26(31(27)20-7-3-4-8-20)19-6-5-9-22(16-19)39(33,34)30-12-14-37-15-13-30/h5-6,9-11,16-17,20H,3-4,7-8,12-15,18H2,1-2H3. The van der Waals surface area contributed by atoms with Crippen molar-refractivity contribution in [1.82, 2.24) is 19.1 Å². The normalized spacial score (nSPS) is 16.9. The number of hydrogen-bond acceptors (Lipinski definition) is 9. The van der Waals surface area contributed by atoms with Crippen LogP contribution >= 0.6 is 11.8 Å². The highest BCUT2D eigenvalue weighted by molar-refractivity contribution is 7.99. The van der Waals surface area contributed by atoms with Crippen molar-refractivity contribution in [2.24, 2.45) is 0 Å². The number of carbonyl (C=O) groups excluding carboxylic acids is 1. The lowest BCUT2D eigenvalue weighted by Crippen LogP contribution is -2.40. The lowest BCUT2D eigenvalue weighted by atomic mass is 10.1. The van der Waals surface area contributed by atoms with Gasteiger partial charge in [0.15, 0.2) is 16.8 Å². The molecule has 1 aromatic heterocycles. The summed E-state index contributed by atoms with van der Waals surface area (Å²) in [5, 5.41) is 9.57. The molecule has 12 heteroatoms. The first kappa shape index (κ1) is 27.6. The molecule has 2 aromatic carbocycles. The van der Waals surface area contributed by atoms with E-state index in [0.29, 0.717) is 59.9 Å². The molecule has 0 N–H and O–H groups in total. The van der Waals surface area contributed by atoms with Gasteiger partial charge in [-0.15, -0.1) is 10.2 Å². The van der Waals surface area contributed by atoms with Gasteiger partial charge in [-0.1, -0.05) is 36.7 Å². The molecule has 208 valence electrons. The number of rotatable bonds is 10. The number of hydrogen-bond donors (Lipinski definition) is 0.